The van der Waals surface area contributed by atoms with Crippen LogP contribution in [0.1, 0.15) is 6.92 Å². The molecule has 0 amide bonds. The number of hydrogen-bond donors (Lipinski definition) is 2. The summed E-state index contributed by atoms with van der Waals surface area (Å²) >= 11 is 3.92. The highest BCUT2D eigenvalue weighted by Gasteiger charge is 2.16. The first-order valence-electron chi connectivity index (χ1n) is 3.50. The second kappa shape index (κ2) is 4.01. The van der Waals surface area contributed by atoms with Crippen LogP contribution in [0.15, 0.2) is 12.2 Å². The first kappa shape index (κ1) is 8.11. The SMILES string of the molecule is C[C@H](CNS)[C@@H]1C=CCO1. The van der Waals surface area contributed by atoms with Crippen molar-refractivity contribution in [3.63, 3.8) is 0 Å². The van der Waals surface area contributed by atoms with Gasteiger partial charge in [-0.15, -0.1) is 0 Å². The summed E-state index contributed by atoms with van der Waals surface area (Å²) < 4.78 is 8.21. The van der Waals surface area contributed by atoms with Crippen LogP contribution in [0.2, 0.25) is 0 Å². The molecule has 1 N–H and O–H groups in total. The van der Waals surface area contributed by atoms with E-state index in [1.807, 2.05) is 0 Å². The van der Waals surface area contributed by atoms with Crippen LogP contribution in [-0.2, 0) is 4.74 Å². The van der Waals surface area contributed by atoms with Crippen LogP contribution in [0, 0.1) is 5.92 Å². The third kappa shape index (κ3) is 2.01. The first-order chi connectivity index (χ1) is 4.84. The van der Waals surface area contributed by atoms with Gasteiger partial charge in [0.1, 0.15) is 0 Å². The van der Waals surface area contributed by atoms with Gasteiger partial charge in [0.2, 0.25) is 0 Å². The van der Waals surface area contributed by atoms with E-state index in [2.05, 4.69) is 36.6 Å². The third-order valence-corrected chi connectivity index (χ3v) is 1.87. The average Bonchev–Trinajstić information content (AvgIpc) is 2.38. The van der Waals surface area contributed by atoms with Gasteiger partial charge in [-0.1, -0.05) is 31.9 Å². The van der Waals surface area contributed by atoms with Crippen molar-refractivity contribution < 1.29 is 4.74 Å². The van der Waals surface area contributed by atoms with Crippen molar-refractivity contribution in [1.29, 1.82) is 0 Å². The fraction of sp³-hybridized carbons (Fsp3) is 0.714. The minimum absolute atomic E-state index is 0.291. The Balaban J connectivity index is 2.26. The zero-order valence-electron chi connectivity index (χ0n) is 6.08. The molecule has 0 spiro atoms. The molecule has 0 aromatic heterocycles. The van der Waals surface area contributed by atoms with Crippen LogP contribution in [0.25, 0.3) is 0 Å². The number of thiol groups is 1. The maximum Gasteiger partial charge on any atom is 0.0798 e. The van der Waals surface area contributed by atoms with Crippen LogP contribution in [0.4, 0.5) is 0 Å². The van der Waals surface area contributed by atoms with Gasteiger partial charge in [-0.3, -0.25) is 4.72 Å². The van der Waals surface area contributed by atoms with E-state index in [0.717, 1.165) is 13.2 Å². The summed E-state index contributed by atoms with van der Waals surface area (Å²) in [4.78, 5) is 0. The van der Waals surface area contributed by atoms with Crippen LogP contribution in [-0.4, -0.2) is 19.3 Å². The van der Waals surface area contributed by atoms with Gasteiger partial charge in [0.25, 0.3) is 0 Å². The van der Waals surface area contributed by atoms with Gasteiger partial charge < -0.3 is 4.74 Å². The Labute approximate surface area is 67.2 Å². The van der Waals surface area contributed by atoms with E-state index in [1.54, 1.807) is 0 Å². The lowest BCUT2D eigenvalue weighted by Gasteiger charge is -2.15. The standard InChI is InChI=1S/C7H13NOS/c1-6(5-8-10)7-3-2-4-9-7/h2-3,6-8,10H,4-5H2,1H3/t6-,7+/m1/s1. The van der Waals surface area contributed by atoms with E-state index in [9.17, 15) is 0 Å². The topological polar surface area (TPSA) is 21.3 Å². The molecule has 3 heteroatoms. The summed E-state index contributed by atoms with van der Waals surface area (Å²) in [5.74, 6) is 0.510. The molecule has 0 fully saturated rings. The molecule has 0 saturated carbocycles. The number of ether oxygens (including phenoxy) is 1. The monoisotopic (exact) mass is 159 g/mol. The van der Waals surface area contributed by atoms with Crippen molar-refractivity contribution in [2.75, 3.05) is 13.2 Å². The van der Waals surface area contributed by atoms with Crippen molar-refractivity contribution in [1.82, 2.24) is 4.72 Å². The average molecular weight is 159 g/mol. The Morgan fingerprint density at radius 3 is 3.20 bits per heavy atom. The number of rotatable bonds is 3. The molecule has 0 radical (unpaired) electrons. The molecule has 58 valence electrons. The molecule has 1 aliphatic rings. The summed E-state index contributed by atoms with van der Waals surface area (Å²) in [6, 6.07) is 0. The van der Waals surface area contributed by atoms with E-state index in [1.165, 1.54) is 0 Å². The van der Waals surface area contributed by atoms with Crippen molar-refractivity contribution in [2.45, 2.75) is 13.0 Å². The molecule has 0 bridgehead atoms. The molecule has 0 unspecified atom stereocenters. The Morgan fingerprint density at radius 1 is 1.90 bits per heavy atom. The predicted molar refractivity (Wildman–Crippen MR) is 45.0 cm³/mol. The van der Waals surface area contributed by atoms with Crippen LogP contribution >= 0.6 is 12.8 Å². The maximum atomic E-state index is 5.38. The zero-order chi connectivity index (χ0) is 7.40. The Bertz CT molecular complexity index is 127. The summed E-state index contributed by atoms with van der Waals surface area (Å²) in [7, 11) is 0. The molecule has 1 aliphatic heterocycles. The van der Waals surface area contributed by atoms with Gasteiger partial charge in [-0.05, 0) is 5.92 Å². The molecule has 10 heavy (non-hydrogen) atoms. The minimum atomic E-state index is 0.291. The second-order valence-electron chi connectivity index (χ2n) is 2.57. The molecule has 1 heterocycles. The van der Waals surface area contributed by atoms with Crippen LogP contribution in [0.5, 0.6) is 0 Å². The predicted octanol–water partition coefficient (Wildman–Crippen LogP) is 1.01. The molecule has 1 rings (SSSR count). The van der Waals surface area contributed by atoms with Gasteiger partial charge >= 0.3 is 0 Å². The van der Waals surface area contributed by atoms with E-state index in [0.29, 0.717) is 12.0 Å². The van der Waals surface area contributed by atoms with E-state index >= 15 is 0 Å². The summed E-state index contributed by atoms with van der Waals surface area (Å²) in [5.41, 5.74) is 0. The summed E-state index contributed by atoms with van der Waals surface area (Å²) in [6.07, 6.45) is 4.45. The lowest BCUT2D eigenvalue weighted by molar-refractivity contribution is 0.0891. The molecule has 2 atom stereocenters. The molecular formula is C7H13NOS. The van der Waals surface area contributed by atoms with E-state index in [4.69, 9.17) is 4.74 Å². The van der Waals surface area contributed by atoms with Gasteiger partial charge in [0.15, 0.2) is 0 Å². The fourth-order valence-corrected chi connectivity index (χ4v) is 1.31. The smallest absolute Gasteiger partial charge is 0.0798 e. The highest BCUT2D eigenvalue weighted by molar-refractivity contribution is 7.78. The van der Waals surface area contributed by atoms with Gasteiger partial charge in [-0.25, -0.2) is 0 Å². The number of nitrogens with one attached hydrogen (secondary N) is 1. The van der Waals surface area contributed by atoms with E-state index < -0.39 is 0 Å². The Morgan fingerprint density at radius 2 is 2.70 bits per heavy atom. The summed E-state index contributed by atoms with van der Waals surface area (Å²) in [5, 5.41) is 0. The maximum absolute atomic E-state index is 5.38. The third-order valence-electron chi connectivity index (χ3n) is 1.68. The molecule has 0 aliphatic carbocycles. The molecule has 2 nitrogen and oxygen atoms in total. The van der Waals surface area contributed by atoms with Crippen molar-refractivity contribution >= 4 is 12.8 Å². The molecule has 0 aromatic rings. The fourth-order valence-electron chi connectivity index (χ4n) is 1.03. The lowest BCUT2D eigenvalue weighted by atomic mass is 10.1. The van der Waals surface area contributed by atoms with Crippen LogP contribution < -0.4 is 4.72 Å². The highest BCUT2D eigenvalue weighted by Crippen LogP contribution is 2.12. The van der Waals surface area contributed by atoms with Crippen molar-refractivity contribution in [3.05, 3.63) is 12.2 Å². The normalized spacial score (nSPS) is 27.2. The minimum Gasteiger partial charge on any atom is -0.370 e. The first-order valence-corrected chi connectivity index (χ1v) is 3.94. The van der Waals surface area contributed by atoms with Gasteiger partial charge in [-0.2, -0.15) is 0 Å². The van der Waals surface area contributed by atoms with Crippen molar-refractivity contribution in [3.8, 4) is 0 Å². The zero-order valence-corrected chi connectivity index (χ0v) is 6.97. The summed E-state index contributed by atoms with van der Waals surface area (Å²) in [6.45, 7) is 3.79. The highest BCUT2D eigenvalue weighted by atomic mass is 32.1. The Kier molecular flexibility index (Phi) is 3.25. The largest absolute Gasteiger partial charge is 0.370 e. The molecule has 0 saturated heterocycles. The van der Waals surface area contributed by atoms with E-state index in [-0.39, 0.29) is 0 Å². The lowest BCUT2D eigenvalue weighted by Crippen LogP contribution is -2.24. The quantitative estimate of drug-likeness (QED) is 0.474. The second-order valence-corrected chi connectivity index (χ2v) is 2.88. The van der Waals surface area contributed by atoms with Gasteiger partial charge in [0, 0.05) is 6.54 Å². The molecular weight excluding hydrogens is 146 g/mol. The van der Waals surface area contributed by atoms with Crippen LogP contribution in [0.3, 0.4) is 0 Å². The number of hydrogen-bond acceptors (Lipinski definition) is 3. The Hall–Kier alpha value is 0.01000. The van der Waals surface area contributed by atoms with Crippen molar-refractivity contribution in [2.24, 2.45) is 5.92 Å². The van der Waals surface area contributed by atoms with Gasteiger partial charge in [0.05, 0.1) is 12.7 Å². The molecule has 0 aromatic carbocycles.